The van der Waals surface area contributed by atoms with Gasteiger partial charge in [-0.3, -0.25) is 0 Å². The lowest BCUT2D eigenvalue weighted by molar-refractivity contribution is -0.144. The minimum atomic E-state index is -3.09. The summed E-state index contributed by atoms with van der Waals surface area (Å²) < 4.78 is 23.0. The van der Waals surface area contributed by atoms with Crippen LogP contribution in [0.3, 0.4) is 0 Å². The molecule has 0 aliphatic carbocycles. The van der Waals surface area contributed by atoms with E-state index in [0.29, 0.717) is 13.0 Å². The van der Waals surface area contributed by atoms with Crippen LogP contribution in [0.5, 0.6) is 0 Å². The topological polar surface area (TPSA) is 104 Å². The lowest BCUT2D eigenvalue weighted by Crippen LogP contribution is -2.57. The van der Waals surface area contributed by atoms with E-state index in [9.17, 15) is 23.1 Å². The molecule has 1 rings (SSSR count). The van der Waals surface area contributed by atoms with Crippen molar-refractivity contribution in [3.8, 4) is 0 Å². The molecule has 1 saturated heterocycles. The molecule has 0 spiro atoms. The molecule has 1 heterocycles. The molecule has 0 aromatic heterocycles. The van der Waals surface area contributed by atoms with Crippen molar-refractivity contribution in [3.05, 3.63) is 0 Å². The van der Waals surface area contributed by atoms with E-state index < -0.39 is 27.4 Å². The molecule has 8 heteroatoms. The Balaban J connectivity index is 2.77. The van der Waals surface area contributed by atoms with Crippen molar-refractivity contribution in [1.82, 2.24) is 10.2 Å². The van der Waals surface area contributed by atoms with Gasteiger partial charge in [0.25, 0.3) is 0 Å². The zero-order chi connectivity index (χ0) is 15.4. The minimum absolute atomic E-state index is 0.0707. The number of nitrogens with one attached hydrogen (secondary N) is 1. The van der Waals surface area contributed by atoms with Gasteiger partial charge >= 0.3 is 12.0 Å². The van der Waals surface area contributed by atoms with Crippen LogP contribution in [0, 0.1) is 0 Å². The van der Waals surface area contributed by atoms with Gasteiger partial charge in [-0.1, -0.05) is 13.8 Å². The molecule has 0 atom stereocenters. The van der Waals surface area contributed by atoms with Crippen molar-refractivity contribution in [2.75, 3.05) is 24.6 Å². The summed E-state index contributed by atoms with van der Waals surface area (Å²) in [6.45, 7) is 3.83. The Morgan fingerprint density at radius 2 is 1.80 bits per heavy atom. The Morgan fingerprint density at radius 3 is 2.30 bits per heavy atom. The van der Waals surface area contributed by atoms with Gasteiger partial charge in [-0.25, -0.2) is 18.0 Å². The van der Waals surface area contributed by atoms with Crippen LogP contribution in [0.25, 0.3) is 0 Å². The van der Waals surface area contributed by atoms with Gasteiger partial charge in [0.15, 0.2) is 9.84 Å². The van der Waals surface area contributed by atoms with Crippen LogP contribution in [0.4, 0.5) is 4.79 Å². The van der Waals surface area contributed by atoms with E-state index in [1.54, 1.807) is 13.8 Å². The summed E-state index contributed by atoms with van der Waals surface area (Å²) in [6.07, 6.45) is 0.932. The molecule has 0 saturated carbocycles. The van der Waals surface area contributed by atoms with Crippen LogP contribution in [0.1, 0.15) is 33.1 Å². The van der Waals surface area contributed by atoms with E-state index in [1.807, 2.05) is 0 Å². The fraction of sp³-hybridized carbons (Fsp3) is 0.833. The van der Waals surface area contributed by atoms with Gasteiger partial charge in [0.2, 0.25) is 0 Å². The third-order valence-corrected chi connectivity index (χ3v) is 5.52. The summed E-state index contributed by atoms with van der Waals surface area (Å²) >= 11 is 0. The highest BCUT2D eigenvalue weighted by molar-refractivity contribution is 7.91. The molecule has 0 aromatic rings. The second kappa shape index (κ2) is 6.43. The summed E-state index contributed by atoms with van der Waals surface area (Å²) in [5.41, 5.74) is -1.29. The highest BCUT2D eigenvalue weighted by Crippen LogP contribution is 2.16. The lowest BCUT2D eigenvalue weighted by atomic mass is 9.93. The van der Waals surface area contributed by atoms with Crippen LogP contribution in [0.15, 0.2) is 0 Å². The van der Waals surface area contributed by atoms with E-state index >= 15 is 0 Å². The molecule has 0 radical (unpaired) electrons. The fourth-order valence-corrected chi connectivity index (χ4v) is 3.48. The van der Waals surface area contributed by atoms with Crippen molar-refractivity contribution in [1.29, 1.82) is 0 Å². The Hall–Kier alpha value is -1.31. The number of carboxylic acid groups (broad SMARTS) is 1. The van der Waals surface area contributed by atoms with Crippen molar-refractivity contribution in [3.63, 3.8) is 0 Å². The van der Waals surface area contributed by atoms with E-state index in [4.69, 9.17) is 0 Å². The summed E-state index contributed by atoms with van der Waals surface area (Å²) in [6, 6.07) is -0.506. The highest BCUT2D eigenvalue weighted by Gasteiger charge is 2.38. The Bertz CT molecular complexity index is 470. The van der Waals surface area contributed by atoms with Crippen molar-refractivity contribution >= 4 is 21.8 Å². The van der Waals surface area contributed by atoms with Gasteiger partial charge in [0.1, 0.15) is 5.54 Å². The van der Waals surface area contributed by atoms with E-state index in [1.165, 1.54) is 4.90 Å². The van der Waals surface area contributed by atoms with Gasteiger partial charge in [0, 0.05) is 13.1 Å². The molecule has 1 aliphatic rings. The van der Waals surface area contributed by atoms with Crippen LogP contribution >= 0.6 is 0 Å². The average molecular weight is 306 g/mol. The number of hydrogen-bond donors (Lipinski definition) is 2. The highest BCUT2D eigenvalue weighted by atomic mass is 32.2. The predicted octanol–water partition coefficient (Wildman–Crippen LogP) is 0.460. The smallest absolute Gasteiger partial charge is 0.329 e. The number of carbonyl (C=O) groups is 2. The van der Waals surface area contributed by atoms with E-state index in [0.717, 1.165) is 0 Å². The van der Waals surface area contributed by atoms with Gasteiger partial charge in [-0.15, -0.1) is 0 Å². The molecule has 2 amide bonds. The van der Waals surface area contributed by atoms with E-state index in [2.05, 4.69) is 5.32 Å². The molecule has 0 unspecified atom stereocenters. The molecular formula is C12H22N2O5S. The first-order valence-electron chi connectivity index (χ1n) is 6.77. The number of hydrogen-bond acceptors (Lipinski definition) is 4. The number of sulfone groups is 1. The number of rotatable bonds is 4. The lowest BCUT2D eigenvalue weighted by Gasteiger charge is -2.31. The van der Waals surface area contributed by atoms with Crippen LogP contribution < -0.4 is 5.32 Å². The molecule has 0 bridgehead atoms. The summed E-state index contributed by atoms with van der Waals surface area (Å²) in [5, 5.41) is 11.8. The fourth-order valence-electron chi connectivity index (χ4n) is 2.21. The Kier molecular flexibility index (Phi) is 5.38. The SMILES string of the molecule is CCC(CC)(NC(=O)N1CCCS(=O)(=O)CC1)C(=O)O. The molecule has 116 valence electrons. The maximum Gasteiger partial charge on any atom is 0.329 e. The first-order chi connectivity index (χ1) is 9.26. The van der Waals surface area contributed by atoms with Gasteiger partial charge in [-0.05, 0) is 19.3 Å². The maximum absolute atomic E-state index is 12.2. The largest absolute Gasteiger partial charge is 0.480 e. The number of aliphatic carboxylic acids is 1. The van der Waals surface area contributed by atoms with Gasteiger partial charge in [0.05, 0.1) is 11.5 Å². The zero-order valence-corrected chi connectivity index (χ0v) is 12.7. The van der Waals surface area contributed by atoms with Crippen molar-refractivity contribution in [2.45, 2.75) is 38.6 Å². The zero-order valence-electron chi connectivity index (χ0n) is 11.9. The second-order valence-corrected chi connectivity index (χ2v) is 7.32. The van der Waals surface area contributed by atoms with Crippen LogP contribution in [0.2, 0.25) is 0 Å². The normalized spacial score (nSPS) is 19.2. The molecule has 20 heavy (non-hydrogen) atoms. The molecule has 1 aliphatic heterocycles. The maximum atomic E-state index is 12.2. The number of nitrogens with zero attached hydrogens (tertiary/aromatic N) is 1. The van der Waals surface area contributed by atoms with Crippen LogP contribution in [-0.4, -0.2) is 60.6 Å². The summed E-state index contributed by atoms with van der Waals surface area (Å²) in [4.78, 5) is 24.9. The quantitative estimate of drug-likeness (QED) is 0.785. The predicted molar refractivity (Wildman–Crippen MR) is 74.3 cm³/mol. The average Bonchev–Trinajstić information content (AvgIpc) is 2.56. The van der Waals surface area contributed by atoms with Crippen molar-refractivity contribution < 1.29 is 23.1 Å². The van der Waals surface area contributed by atoms with Gasteiger partial charge in [-0.2, -0.15) is 0 Å². The number of carbonyl (C=O) groups excluding carboxylic acids is 1. The molecular weight excluding hydrogens is 284 g/mol. The third kappa shape index (κ3) is 3.84. The standard InChI is InChI=1S/C12H22N2O5S/c1-3-12(4-2,10(15)16)13-11(17)14-6-5-8-20(18,19)9-7-14/h3-9H2,1-2H3,(H,13,17)(H,15,16). The third-order valence-electron chi connectivity index (χ3n) is 3.81. The minimum Gasteiger partial charge on any atom is -0.480 e. The molecule has 0 aromatic carbocycles. The molecule has 2 N–H and O–H groups in total. The molecule has 1 fully saturated rings. The van der Waals surface area contributed by atoms with Crippen LogP contribution in [-0.2, 0) is 14.6 Å². The number of urea groups is 1. The summed E-state index contributed by atoms with van der Waals surface area (Å²) in [7, 11) is -3.09. The van der Waals surface area contributed by atoms with Crippen molar-refractivity contribution in [2.24, 2.45) is 0 Å². The first-order valence-corrected chi connectivity index (χ1v) is 8.59. The second-order valence-electron chi connectivity index (χ2n) is 5.02. The Morgan fingerprint density at radius 1 is 1.20 bits per heavy atom. The monoisotopic (exact) mass is 306 g/mol. The first kappa shape index (κ1) is 16.7. The Labute approximate surface area is 119 Å². The number of carboxylic acids is 1. The number of amides is 2. The van der Waals surface area contributed by atoms with Gasteiger partial charge < -0.3 is 15.3 Å². The molecule has 7 nitrogen and oxygen atoms in total. The van der Waals surface area contributed by atoms with E-state index in [-0.39, 0.29) is 30.9 Å². The summed E-state index contributed by atoms with van der Waals surface area (Å²) in [5.74, 6) is -1.07.